The lowest BCUT2D eigenvalue weighted by atomic mass is 9.98. The molecular formula is C17H16FNO. The number of hydrogen-bond donors (Lipinski definition) is 0. The third kappa shape index (κ3) is 3.83. The van der Waals surface area contributed by atoms with Gasteiger partial charge in [-0.2, -0.15) is 5.26 Å². The van der Waals surface area contributed by atoms with Crippen molar-refractivity contribution in [3.05, 3.63) is 65.5 Å². The molecule has 0 spiro atoms. The molecule has 0 saturated heterocycles. The lowest BCUT2D eigenvalue weighted by Crippen LogP contribution is -2.04. The summed E-state index contributed by atoms with van der Waals surface area (Å²) >= 11 is 0. The highest BCUT2D eigenvalue weighted by Gasteiger charge is 2.10. The Labute approximate surface area is 118 Å². The van der Waals surface area contributed by atoms with Crippen molar-refractivity contribution < 1.29 is 9.13 Å². The first-order valence-corrected chi connectivity index (χ1v) is 6.53. The van der Waals surface area contributed by atoms with Crippen LogP contribution in [-0.4, -0.2) is 6.61 Å². The molecule has 102 valence electrons. The van der Waals surface area contributed by atoms with E-state index >= 15 is 0 Å². The zero-order valence-corrected chi connectivity index (χ0v) is 11.3. The third-order valence-corrected chi connectivity index (χ3v) is 3.12. The maximum atomic E-state index is 12.9. The van der Waals surface area contributed by atoms with Crippen LogP contribution in [0, 0.1) is 24.1 Å². The average molecular weight is 269 g/mol. The largest absolute Gasteiger partial charge is 0.494 e. The number of rotatable bonds is 5. The molecule has 0 N–H and O–H groups in total. The first-order chi connectivity index (χ1) is 9.69. The second kappa shape index (κ2) is 6.72. The van der Waals surface area contributed by atoms with Gasteiger partial charge in [0.25, 0.3) is 0 Å². The number of hydrogen-bond acceptors (Lipinski definition) is 2. The van der Waals surface area contributed by atoms with Crippen molar-refractivity contribution in [2.45, 2.75) is 19.3 Å². The summed E-state index contributed by atoms with van der Waals surface area (Å²) in [5.41, 5.74) is 2.00. The molecule has 0 heterocycles. The molecule has 2 aromatic carbocycles. The lowest BCUT2D eigenvalue weighted by Gasteiger charge is -2.11. The van der Waals surface area contributed by atoms with Crippen molar-refractivity contribution >= 4 is 0 Å². The molecule has 0 aliphatic rings. The van der Waals surface area contributed by atoms with Crippen LogP contribution >= 0.6 is 0 Å². The van der Waals surface area contributed by atoms with Crippen LogP contribution < -0.4 is 4.74 Å². The zero-order valence-electron chi connectivity index (χ0n) is 11.3. The molecule has 20 heavy (non-hydrogen) atoms. The number of halogens is 1. The van der Waals surface area contributed by atoms with Gasteiger partial charge in [-0.3, -0.25) is 0 Å². The number of ether oxygens (including phenoxy) is 1. The van der Waals surface area contributed by atoms with Gasteiger partial charge in [0.2, 0.25) is 0 Å². The summed E-state index contributed by atoms with van der Waals surface area (Å²) in [6, 6.07) is 16.1. The van der Waals surface area contributed by atoms with Crippen molar-refractivity contribution in [3.63, 3.8) is 0 Å². The van der Waals surface area contributed by atoms with Crippen LogP contribution in [0.1, 0.15) is 23.5 Å². The Morgan fingerprint density at radius 1 is 1.10 bits per heavy atom. The second-order valence-corrected chi connectivity index (χ2v) is 4.68. The van der Waals surface area contributed by atoms with Crippen molar-refractivity contribution in [3.8, 4) is 11.8 Å². The average Bonchev–Trinajstić information content (AvgIpc) is 2.47. The van der Waals surface area contributed by atoms with Crippen molar-refractivity contribution in [2.24, 2.45) is 0 Å². The highest BCUT2D eigenvalue weighted by atomic mass is 19.1. The van der Waals surface area contributed by atoms with Gasteiger partial charge in [-0.25, -0.2) is 4.39 Å². The molecule has 2 rings (SSSR count). The van der Waals surface area contributed by atoms with E-state index in [4.69, 9.17) is 4.74 Å². The van der Waals surface area contributed by atoms with E-state index in [9.17, 15) is 9.65 Å². The quantitative estimate of drug-likeness (QED) is 0.814. The van der Waals surface area contributed by atoms with Gasteiger partial charge in [0.15, 0.2) is 0 Å². The van der Waals surface area contributed by atoms with Gasteiger partial charge in [-0.05, 0) is 36.8 Å². The monoisotopic (exact) mass is 269 g/mol. The maximum Gasteiger partial charge on any atom is 0.123 e. The third-order valence-electron chi connectivity index (χ3n) is 3.12. The molecule has 0 fully saturated rings. The molecule has 0 bridgehead atoms. The number of benzene rings is 2. The maximum absolute atomic E-state index is 12.9. The number of nitrogens with zero attached hydrogens (tertiary/aromatic N) is 1. The highest BCUT2D eigenvalue weighted by molar-refractivity contribution is 5.27. The Hall–Kier alpha value is -2.34. The summed E-state index contributed by atoms with van der Waals surface area (Å²) < 4.78 is 18.5. The predicted octanol–water partition coefficient (Wildman–Crippen LogP) is 4.21. The minimum absolute atomic E-state index is 0.277. The molecule has 1 atom stereocenters. The Kier molecular flexibility index (Phi) is 4.73. The fraction of sp³-hybridized carbons (Fsp3) is 0.235. The zero-order chi connectivity index (χ0) is 14.4. The van der Waals surface area contributed by atoms with Crippen LogP contribution in [0.4, 0.5) is 4.39 Å². The molecule has 0 aliphatic heterocycles. The fourth-order valence-electron chi connectivity index (χ4n) is 1.93. The summed E-state index contributed by atoms with van der Waals surface area (Å²) in [7, 11) is 0. The number of aryl methyl sites for hydroxylation is 1. The van der Waals surface area contributed by atoms with E-state index in [0.717, 1.165) is 11.3 Å². The Morgan fingerprint density at radius 2 is 1.75 bits per heavy atom. The van der Waals surface area contributed by atoms with Gasteiger partial charge >= 0.3 is 0 Å². The van der Waals surface area contributed by atoms with Gasteiger partial charge in [0.1, 0.15) is 11.6 Å². The van der Waals surface area contributed by atoms with E-state index in [1.54, 1.807) is 12.1 Å². The normalized spacial score (nSPS) is 11.7. The van der Waals surface area contributed by atoms with Gasteiger partial charge < -0.3 is 4.74 Å². The minimum Gasteiger partial charge on any atom is -0.494 e. The van der Waals surface area contributed by atoms with Crippen LogP contribution in [0.3, 0.4) is 0 Å². The van der Waals surface area contributed by atoms with Gasteiger partial charge in [-0.15, -0.1) is 0 Å². The van der Waals surface area contributed by atoms with E-state index in [1.165, 1.54) is 17.7 Å². The molecule has 0 aromatic heterocycles. The molecule has 2 aromatic rings. The highest BCUT2D eigenvalue weighted by Crippen LogP contribution is 2.20. The SMILES string of the molecule is Cc1ccc(OCCC(C#N)c2ccc(F)cc2)cc1. The van der Waals surface area contributed by atoms with Crippen molar-refractivity contribution in [1.29, 1.82) is 5.26 Å². The molecule has 3 heteroatoms. The topological polar surface area (TPSA) is 33.0 Å². The van der Waals surface area contributed by atoms with E-state index in [1.807, 2.05) is 31.2 Å². The first-order valence-electron chi connectivity index (χ1n) is 6.53. The Bertz CT molecular complexity index is 584. The summed E-state index contributed by atoms with van der Waals surface area (Å²) in [6.45, 7) is 2.47. The molecule has 0 aliphatic carbocycles. The van der Waals surface area contributed by atoms with E-state index in [-0.39, 0.29) is 11.7 Å². The van der Waals surface area contributed by atoms with Crippen LogP contribution in [0.2, 0.25) is 0 Å². The summed E-state index contributed by atoms with van der Waals surface area (Å²) in [4.78, 5) is 0. The van der Waals surface area contributed by atoms with Crippen LogP contribution in [0.5, 0.6) is 5.75 Å². The summed E-state index contributed by atoms with van der Waals surface area (Å²) in [5, 5.41) is 9.18. The second-order valence-electron chi connectivity index (χ2n) is 4.68. The lowest BCUT2D eigenvalue weighted by molar-refractivity contribution is 0.306. The fourth-order valence-corrected chi connectivity index (χ4v) is 1.93. The van der Waals surface area contributed by atoms with Crippen LogP contribution in [0.15, 0.2) is 48.5 Å². The van der Waals surface area contributed by atoms with Gasteiger partial charge in [0, 0.05) is 6.42 Å². The van der Waals surface area contributed by atoms with Crippen LogP contribution in [-0.2, 0) is 0 Å². The summed E-state index contributed by atoms with van der Waals surface area (Å²) in [6.07, 6.45) is 0.579. The first kappa shape index (κ1) is 14.1. The molecule has 0 radical (unpaired) electrons. The van der Waals surface area contributed by atoms with Gasteiger partial charge in [0.05, 0.1) is 18.6 Å². The van der Waals surface area contributed by atoms with E-state index in [0.29, 0.717) is 13.0 Å². The Morgan fingerprint density at radius 3 is 2.35 bits per heavy atom. The molecule has 2 nitrogen and oxygen atoms in total. The van der Waals surface area contributed by atoms with Crippen molar-refractivity contribution in [1.82, 2.24) is 0 Å². The van der Waals surface area contributed by atoms with Gasteiger partial charge in [-0.1, -0.05) is 29.8 Å². The van der Waals surface area contributed by atoms with Crippen LogP contribution in [0.25, 0.3) is 0 Å². The van der Waals surface area contributed by atoms with E-state index < -0.39 is 0 Å². The van der Waals surface area contributed by atoms with E-state index in [2.05, 4.69) is 6.07 Å². The molecule has 1 unspecified atom stereocenters. The molecule has 0 amide bonds. The molecular weight excluding hydrogens is 253 g/mol. The predicted molar refractivity (Wildman–Crippen MR) is 76.0 cm³/mol. The summed E-state index contributed by atoms with van der Waals surface area (Å²) in [5.74, 6) is 0.230. The standard InChI is InChI=1S/C17H16FNO/c1-13-2-8-17(9-3-13)20-11-10-15(12-19)14-4-6-16(18)7-5-14/h2-9,15H,10-11H2,1H3. The smallest absolute Gasteiger partial charge is 0.123 e. The minimum atomic E-state index is -0.290. The molecule has 0 saturated carbocycles. The number of nitriles is 1. The Balaban J connectivity index is 1.90. The van der Waals surface area contributed by atoms with Crippen molar-refractivity contribution in [2.75, 3.05) is 6.61 Å².